The van der Waals surface area contributed by atoms with E-state index in [1.54, 1.807) is 11.3 Å². The lowest BCUT2D eigenvalue weighted by Gasteiger charge is -2.22. The normalized spacial score (nSPS) is 13.2. The molecule has 0 aliphatic rings. The minimum atomic E-state index is 0.674. The molecule has 0 fully saturated rings. The second-order valence-electron chi connectivity index (χ2n) is 4.66. The van der Waals surface area contributed by atoms with Crippen molar-refractivity contribution in [1.82, 2.24) is 10.3 Å². The second kappa shape index (κ2) is 7.80. The highest BCUT2D eigenvalue weighted by atomic mass is 32.1. The van der Waals surface area contributed by atoms with Gasteiger partial charge in [-0.15, -0.1) is 11.3 Å². The van der Waals surface area contributed by atoms with Gasteiger partial charge < -0.3 is 5.32 Å². The maximum absolute atomic E-state index is 4.11. The number of rotatable bonds is 8. The van der Waals surface area contributed by atoms with E-state index in [4.69, 9.17) is 0 Å². The Kier molecular flexibility index (Phi) is 6.65. The van der Waals surface area contributed by atoms with Gasteiger partial charge in [-0.05, 0) is 38.1 Å². The number of aryl methyl sites for hydroxylation is 1. The molecule has 92 valence electrons. The summed E-state index contributed by atoms with van der Waals surface area (Å²) in [6, 6.07) is 0.674. The Hall–Kier alpha value is -0.410. The predicted octanol–water partition coefficient (Wildman–Crippen LogP) is 3.49. The van der Waals surface area contributed by atoms with Gasteiger partial charge in [0.2, 0.25) is 0 Å². The van der Waals surface area contributed by atoms with E-state index in [1.165, 1.54) is 30.6 Å². The minimum absolute atomic E-state index is 0.674. The first-order chi connectivity index (χ1) is 7.74. The van der Waals surface area contributed by atoms with Gasteiger partial charge in [-0.1, -0.05) is 20.8 Å². The first-order valence-corrected chi connectivity index (χ1v) is 7.22. The third-order valence-corrected chi connectivity index (χ3v) is 3.72. The summed E-state index contributed by atoms with van der Waals surface area (Å²) in [7, 11) is 0. The van der Waals surface area contributed by atoms with Crippen LogP contribution in [-0.2, 0) is 6.42 Å². The smallest absolute Gasteiger partial charge is 0.0794 e. The van der Waals surface area contributed by atoms with Crippen LogP contribution >= 0.6 is 11.3 Å². The zero-order chi connectivity index (χ0) is 11.8. The van der Waals surface area contributed by atoms with Crippen molar-refractivity contribution in [2.75, 3.05) is 6.54 Å². The summed E-state index contributed by atoms with van der Waals surface area (Å²) in [6.45, 7) is 7.98. The molecule has 0 aromatic carbocycles. The Balaban J connectivity index is 2.21. The summed E-state index contributed by atoms with van der Waals surface area (Å²) in [5.41, 5.74) is 1.92. The molecule has 2 nitrogen and oxygen atoms in total. The standard InChI is InChI=1S/C13H24N2S/c1-4-8-15-13(11(2)3)7-5-6-12-9-14-10-16-12/h9-11,13,15H,4-8H2,1-3H3. The van der Waals surface area contributed by atoms with E-state index in [0.717, 1.165) is 12.5 Å². The van der Waals surface area contributed by atoms with Gasteiger partial charge in [-0.3, -0.25) is 4.98 Å². The average molecular weight is 240 g/mol. The van der Waals surface area contributed by atoms with E-state index in [0.29, 0.717) is 6.04 Å². The van der Waals surface area contributed by atoms with Crippen LogP contribution in [0.25, 0.3) is 0 Å². The summed E-state index contributed by atoms with van der Waals surface area (Å²) in [4.78, 5) is 5.52. The van der Waals surface area contributed by atoms with Crippen molar-refractivity contribution in [3.8, 4) is 0 Å². The lowest BCUT2D eigenvalue weighted by atomic mass is 9.98. The molecular formula is C13H24N2S. The number of nitrogens with zero attached hydrogens (tertiary/aromatic N) is 1. The Bertz CT molecular complexity index is 257. The van der Waals surface area contributed by atoms with Crippen molar-refractivity contribution in [1.29, 1.82) is 0 Å². The van der Waals surface area contributed by atoms with Crippen molar-refractivity contribution in [2.45, 2.75) is 52.5 Å². The summed E-state index contributed by atoms with van der Waals surface area (Å²) in [6.07, 6.45) is 6.94. The summed E-state index contributed by atoms with van der Waals surface area (Å²) in [5, 5.41) is 3.64. The van der Waals surface area contributed by atoms with Gasteiger partial charge in [-0.25, -0.2) is 0 Å². The van der Waals surface area contributed by atoms with E-state index in [9.17, 15) is 0 Å². The van der Waals surface area contributed by atoms with E-state index in [-0.39, 0.29) is 0 Å². The Labute approximate surface area is 103 Å². The molecule has 0 aliphatic carbocycles. The predicted molar refractivity (Wildman–Crippen MR) is 72.0 cm³/mol. The number of aromatic nitrogens is 1. The Morgan fingerprint density at radius 3 is 2.81 bits per heavy atom. The number of nitrogens with one attached hydrogen (secondary N) is 1. The summed E-state index contributed by atoms with van der Waals surface area (Å²) < 4.78 is 0. The van der Waals surface area contributed by atoms with Gasteiger partial charge in [0.15, 0.2) is 0 Å². The SMILES string of the molecule is CCCNC(CCCc1cncs1)C(C)C. The zero-order valence-corrected chi connectivity index (χ0v) is 11.5. The molecule has 0 radical (unpaired) electrons. The maximum Gasteiger partial charge on any atom is 0.0794 e. The lowest BCUT2D eigenvalue weighted by Crippen LogP contribution is -2.34. The topological polar surface area (TPSA) is 24.9 Å². The number of thiazole rings is 1. The molecule has 1 rings (SSSR count). The Morgan fingerprint density at radius 1 is 1.44 bits per heavy atom. The van der Waals surface area contributed by atoms with Crippen LogP contribution in [-0.4, -0.2) is 17.6 Å². The molecule has 1 N–H and O–H groups in total. The lowest BCUT2D eigenvalue weighted by molar-refractivity contribution is 0.371. The molecule has 0 amide bonds. The molecule has 16 heavy (non-hydrogen) atoms. The molecule has 0 saturated heterocycles. The van der Waals surface area contributed by atoms with E-state index in [2.05, 4.69) is 31.1 Å². The summed E-state index contributed by atoms with van der Waals surface area (Å²) in [5.74, 6) is 0.730. The zero-order valence-electron chi connectivity index (χ0n) is 10.7. The molecule has 3 heteroatoms. The van der Waals surface area contributed by atoms with Gasteiger partial charge in [0.1, 0.15) is 0 Å². The monoisotopic (exact) mass is 240 g/mol. The maximum atomic E-state index is 4.11. The quantitative estimate of drug-likeness (QED) is 0.752. The Morgan fingerprint density at radius 2 is 2.25 bits per heavy atom. The van der Waals surface area contributed by atoms with Crippen LogP contribution in [0.4, 0.5) is 0 Å². The molecule has 0 aliphatic heterocycles. The van der Waals surface area contributed by atoms with Gasteiger partial charge >= 0.3 is 0 Å². The molecule has 1 heterocycles. The molecule has 0 spiro atoms. The van der Waals surface area contributed by atoms with Crippen molar-refractivity contribution < 1.29 is 0 Å². The van der Waals surface area contributed by atoms with Crippen molar-refractivity contribution in [2.24, 2.45) is 5.92 Å². The van der Waals surface area contributed by atoms with Gasteiger partial charge in [0.05, 0.1) is 5.51 Å². The number of hydrogen-bond donors (Lipinski definition) is 1. The van der Waals surface area contributed by atoms with Crippen LogP contribution in [0.5, 0.6) is 0 Å². The summed E-state index contributed by atoms with van der Waals surface area (Å²) >= 11 is 1.77. The highest BCUT2D eigenvalue weighted by molar-refractivity contribution is 7.09. The molecule has 1 atom stereocenters. The molecule has 1 aromatic heterocycles. The number of hydrogen-bond acceptors (Lipinski definition) is 3. The average Bonchev–Trinajstić information content (AvgIpc) is 2.75. The van der Waals surface area contributed by atoms with E-state index in [1.807, 2.05) is 11.7 Å². The fraction of sp³-hybridized carbons (Fsp3) is 0.769. The van der Waals surface area contributed by atoms with Crippen LogP contribution in [0.2, 0.25) is 0 Å². The minimum Gasteiger partial charge on any atom is -0.314 e. The first kappa shape index (κ1) is 13.7. The molecular weight excluding hydrogens is 216 g/mol. The van der Waals surface area contributed by atoms with Crippen LogP contribution in [0.15, 0.2) is 11.7 Å². The molecule has 0 saturated carbocycles. The third-order valence-electron chi connectivity index (χ3n) is 2.88. The largest absolute Gasteiger partial charge is 0.314 e. The van der Waals surface area contributed by atoms with E-state index >= 15 is 0 Å². The highest BCUT2D eigenvalue weighted by Crippen LogP contribution is 2.14. The van der Waals surface area contributed by atoms with Crippen LogP contribution in [0.3, 0.4) is 0 Å². The molecule has 1 unspecified atom stereocenters. The van der Waals surface area contributed by atoms with Gasteiger partial charge in [0.25, 0.3) is 0 Å². The fourth-order valence-corrected chi connectivity index (χ4v) is 2.50. The van der Waals surface area contributed by atoms with E-state index < -0.39 is 0 Å². The second-order valence-corrected chi connectivity index (χ2v) is 5.64. The van der Waals surface area contributed by atoms with Crippen LogP contribution in [0.1, 0.15) is 44.9 Å². The van der Waals surface area contributed by atoms with Crippen molar-refractivity contribution in [3.05, 3.63) is 16.6 Å². The van der Waals surface area contributed by atoms with Crippen LogP contribution < -0.4 is 5.32 Å². The molecule has 0 bridgehead atoms. The van der Waals surface area contributed by atoms with Gasteiger partial charge in [0, 0.05) is 17.1 Å². The fourth-order valence-electron chi connectivity index (χ4n) is 1.86. The highest BCUT2D eigenvalue weighted by Gasteiger charge is 2.11. The molecule has 1 aromatic rings. The van der Waals surface area contributed by atoms with Gasteiger partial charge in [-0.2, -0.15) is 0 Å². The van der Waals surface area contributed by atoms with Crippen molar-refractivity contribution >= 4 is 11.3 Å². The van der Waals surface area contributed by atoms with Crippen LogP contribution in [0, 0.1) is 5.92 Å². The van der Waals surface area contributed by atoms with Crippen molar-refractivity contribution in [3.63, 3.8) is 0 Å². The third kappa shape index (κ3) is 5.08. The first-order valence-electron chi connectivity index (χ1n) is 6.34.